The minimum atomic E-state index is -1.01. The molecule has 2 aromatic rings. The van der Waals surface area contributed by atoms with Crippen molar-refractivity contribution < 1.29 is 19.5 Å². The summed E-state index contributed by atoms with van der Waals surface area (Å²) in [6, 6.07) is 5.10. The largest absolute Gasteiger partial charge is 0.477 e. The predicted molar refractivity (Wildman–Crippen MR) is 104 cm³/mol. The normalized spacial score (nSPS) is 11.1. The van der Waals surface area contributed by atoms with Gasteiger partial charge in [0.15, 0.2) is 0 Å². The Kier molecular flexibility index (Phi) is 5.93. The number of rotatable bonds is 6. The van der Waals surface area contributed by atoms with Crippen molar-refractivity contribution in [2.75, 3.05) is 27.2 Å². The van der Waals surface area contributed by atoms with Gasteiger partial charge in [-0.25, -0.2) is 4.79 Å². The van der Waals surface area contributed by atoms with Crippen LogP contribution in [-0.2, 0) is 11.8 Å². The molecule has 2 amide bonds. The molecule has 1 aromatic heterocycles. The molecule has 27 heavy (non-hydrogen) atoms. The molecule has 0 unspecified atom stereocenters. The van der Waals surface area contributed by atoms with Gasteiger partial charge in [0, 0.05) is 38.6 Å². The van der Waals surface area contributed by atoms with Crippen LogP contribution in [0.4, 0.5) is 0 Å². The Hall–Kier alpha value is -2.83. The maximum atomic E-state index is 13.0. The van der Waals surface area contributed by atoms with Gasteiger partial charge in [-0.1, -0.05) is 13.8 Å². The molecule has 0 radical (unpaired) electrons. The number of carbonyl (C=O) groups is 3. The minimum Gasteiger partial charge on any atom is -0.477 e. The van der Waals surface area contributed by atoms with Gasteiger partial charge in [0.1, 0.15) is 5.69 Å². The van der Waals surface area contributed by atoms with E-state index in [-0.39, 0.29) is 30.0 Å². The second kappa shape index (κ2) is 7.82. The van der Waals surface area contributed by atoms with Crippen LogP contribution in [0.3, 0.4) is 0 Å². The summed E-state index contributed by atoms with van der Waals surface area (Å²) in [6.07, 6.45) is 0. The van der Waals surface area contributed by atoms with Gasteiger partial charge in [-0.05, 0) is 36.6 Å². The number of amides is 2. The first-order valence-electron chi connectivity index (χ1n) is 8.94. The van der Waals surface area contributed by atoms with Crippen LogP contribution in [0.15, 0.2) is 18.2 Å². The average Bonchev–Trinajstić information content (AvgIpc) is 2.94. The number of carbonyl (C=O) groups excluding carboxylic acids is 2. The summed E-state index contributed by atoms with van der Waals surface area (Å²) in [5, 5.41) is 10.1. The number of carboxylic acids is 1. The zero-order valence-electron chi connectivity index (χ0n) is 16.7. The van der Waals surface area contributed by atoms with E-state index in [0.717, 1.165) is 11.1 Å². The molecule has 2 rings (SSSR count). The number of aromatic carboxylic acids is 1. The van der Waals surface area contributed by atoms with Crippen molar-refractivity contribution in [1.82, 2.24) is 14.4 Å². The Bertz CT molecular complexity index is 896. The smallest absolute Gasteiger partial charge is 0.352 e. The van der Waals surface area contributed by atoms with Crippen LogP contribution in [0.25, 0.3) is 10.9 Å². The number of aromatic nitrogens is 1. The van der Waals surface area contributed by atoms with E-state index < -0.39 is 5.97 Å². The standard InChI is InChI=1S/C20H27N3O4/c1-7-23(11-17(24)21(4)5)19(25)14-8-13-10-16(20(26)27)22(6)18(13)15(9-14)12(2)3/h8-10,12H,7,11H2,1-6H3,(H,26,27). The van der Waals surface area contributed by atoms with E-state index in [0.29, 0.717) is 17.5 Å². The Morgan fingerprint density at radius 1 is 1.15 bits per heavy atom. The molecule has 0 atom stereocenters. The van der Waals surface area contributed by atoms with Gasteiger partial charge < -0.3 is 19.5 Å². The first-order chi connectivity index (χ1) is 12.6. The molecule has 1 aromatic carbocycles. The highest BCUT2D eigenvalue weighted by molar-refractivity contribution is 6.02. The van der Waals surface area contributed by atoms with Gasteiger partial charge >= 0.3 is 5.97 Å². The van der Waals surface area contributed by atoms with E-state index in [1.54, 1.807) is 37.8 Å². The monoisotopic (exact) mass is 373 g/mol. The quantitative estimate of drug-likeness (QED) is 0.843. The van der Waals surface area contributed by atoms with Crippen molar-refractivity contribution in [3.8, 4) is 0 Å². The molecule has 0 bridgehead atoms. The maximum absolute atomic E-state index is 13.0. The summed E-state index contributed by atoms with van der Waals surface area (Å²) in [7, 11) is 5.02. The number of likely N-dealkylation sites (N-methyl/N-ethyl adjacent to an activating group) is 2. The van der Waals surface area contributed by atoms with E-state index >= 15 is 0 Å². The highest BCUT2D eigenvalue weighted by Crippen LogP contribution is 2.30. The minimum absolute atomic E-state index is 0.00650. The van der Waals surface area contributed by atoms with Crippen LogP contribution >= 0.6 is 0 Å². The number of aryl methyl sites for hydroxylation is 1. The van der Waals surface area contributed by atoms with Crippen LogP contribution in [0.5, 0.6) is 0 Å². The fraction of sp³-hybridized carbons (Fsp3) is 0.450. The molecule has 0 saturated carbocycles. The Morgan fingerprint density at radius 2 is 1.78 bits per heavy atom. The van der Waals surface area contributed by atoms with E-state index in [2.05, 4.69) is 0 Å². The first kappa shape index (κ1) is 20.5. The van der Waals surface area contributed by atoms with Gasteiger partial charge in [-0.3, -0.25) is 9.59 Å². The van der Waals surface area contributed by atoms with E-state index in [9.17, 15) is 19.5 Å². The van der Waals surface area contributed by atoms with Crippen molar-refractivity contribution in [2.24, 2.45) is 7.05 Å². The maximum Gasteiger partial charge on any atom is 0.352 e. The highest BCUT2D eigenvalue weighted by Gasteiger charge is 2.22. The lowest BCUT2D eigenvalue weighted by Gasteiger charge is -2.23. The zero-order valence-corrected chi connectivity index (χ0v) is 16.7. The van der Waals surface area contributed by atoms with Gasteiger partial charge in [-0.15, -0.1) is 0 Å². The summed E-state index contributed by atoms with van der Waals surface area (Å²) < 4.78 is 1.65. The molecule has 0 saturated heterocycles. The van der Waals surface area contributed by atoms with Gasteiger partial charge in [0.2, 0.25) is 5.91 Å². The summed E-state index contributed by atoms with van der Waals surface area (Å²) in [5.41, 5.74) is 2.35. The molecule has 1 N–H and O–H groups in total. The number of hydrogen-bond acceptors (Lipinski definition) is 3. The average molecular weight is 373 g/mol. The fourth-order valence-corrected chi connectivity index (χ4v) is 3.13. The van der Waals surface area contributed by atoms with E-state index in [4.69, 9.17) is 0 Å². The molecule has 7 heteroatoms. The number of benzene rings is 1. The second-order valence-corrected chi connectivity index (χ2v) is 7.16. The van der Waals surface area contributed by atoms with Crippen LogP contribution in [0, 0.1) is 0 Å². The summed E-state index contributed by atoms with van der Waals surface area (Å²) in [6.45, 7) is 6.25. The van der Waals surface area contributed by atoms with Crippen LogP contribution in [0.2, 0.25) is 0 Å². The number of carboxylic acid groups (broad SMARTS) is 1. The van der Waals surface area contributed by atoms with Gasteiger partial charge in [-0.2, -0.15) is 0 Å². The Balaban J connectivity index is 2.56. The Labute approximate surface area is 159 Å². The number of hydrogen-bond donors (Lipinski definition) is 1. The topological polar surface area (TPSA) is 82.8 Å². The molecule has 0 fully saturated rings. The third-order valence-corrected chi connectivity index (χ3v) is 4.74. The molecule has 0 aliphatic carbocycles. The number of nitrogens with zero attached hydrogens (tertiary/aromatic N) is 3. The van der Waals surface area contributed by atoms with Crippen LogP contribution < -0.4 is 0 Å². The number of fused-ring (bicyclic) bond motifs is 1. The molecule has 7 nitrogen and oxygen atoms in total. The van der Waals surface area contributed by atoms with Crippen LogP contribution in [-0.4, -0.2) is 64.4 Å². The lowest BCUT2D eigenvalue weighted by atomic mass is 9.97. The third kappa shape index (κ3) is 3.97. The van der Waals surface area contributed by atoms with E-state index in [1.165, 1.54) is 9.80 Å². The van der Waals surface area contributed by atoms with Gasteiger partial charge in [0.05, 0.1) is 12.1 Å². The van der Waals surface area contributed by atoms with Gasteiger partial charge in [0.25, 0.3) is 5.91 Å². The first-order valence-corrected chi connectivity index (χ1v) is 8.94. The second-order valence-electron chi connectivity index (χ2n) is 7.16. The summed E-state index contributed by atoms with van der Waals surface area (Å²) in [4.78, 5) is 39.5. The predicted octanol–water partition coefficient (Wildman–Crippen LogP) is 2.55. The molecular formula is C20H27N3O4. The molecule has 1 heterocycles. The molecule has 146 valence electrons. The van der Waals surface area contributed by atoms with Crippen molar-refractivity contribution in [3.63, 3.8) is 0 Å². The summed E-state index contributed by atoms with van der Waals surface area (Å²) in [5.74, 6) is -1.29. The lowest BCUT2D eigenvalue weighted by molar-refractivity contribution is -0.129. The third-order valence-electron chi connectivity index (χ3n) is 4.74. The zero-order chi connectivity index (χ0) is 20.5. The van der Waals surface area contributed by atoms with Crippen molar-refractivity contribution in [3.05, 3.63) is 35.0 Å². The lowest BCUT2D eigenvalue weighted by Crippen LogP contribution is -2.40. The van der Waals surface area contributed by atoms with Crippen molar-refractivity contribution in [1.29, 1.82) is 0 Å². The van der Waals surface area contributed by atoms with E-state index in [1.807, 2.05) is 26.8 Å². The molecule has 0 aliphatic rings. The highest BCUT2D eigenvalue weighted by atomic mass is 16.4. The van der Waals surface area contributed by atoms with Crippen molar-refractivity contribution in [2.45, 2.75) is 26.7 Å². The molecule has 0 aliphatic heterocycles. The molecule has 0 spiro atoms. The van der Waals surface area contributed by atoms with Crippen LogP contribution in [0.1, 0.15) is 53.1 Å². The Morgan fingerprint density at radius 3 is 2.26 bits per heavy atom. The fourth-order valence-electron chi connectivity index (χ4n) is 3.13. The SMILES string of the molecule is CCN(CC(=O)N(C)C)C(=O)c1cc(C(C)C)c2c(c1)cc(C(=O)O)n2C. The summed E-state index contributed by atoms with van der Waals surface area (Å²) >= 11 is 0. The van der Waals surface area contributed by atoms with Crippen molar-refractivity contribution >= 4 is 28.7 Å². The molecular weight excluding hydrogens is 346 g/mol.